The molecule has 9 heteroatoms. The lowest BCUT2D eigenvalue weighted by molar-refractivity contribution is -0.143. The zero-order valence-electron chi connectivity index (χ0n) is 21.7. The van der Waals surface area contributed by atoms with Crippen LogP contribution in [-0.4, -0.2) is 49.0 Å². The van der Waals surface area contributed by atoms with Gasteiger partial charge in [0.15, 0.2) is 5.13 Å². The van der Waals surface area contributed by atoms with Gasteiger partial charge in [-0.25, -0.2) is 13.4 Å². The summed E-state index contributed by atoms with van der Waals surface area (Å²) < 4.78 is 28.5. The number of carbonyl (C=O) groups excluding carboxylic acids is 1. The number of nitrogens with one attached hydrogen (secondary N) is 1. The lowest BCUT2D eigenvalue weighted by atomic mass is 9.53. The number of aryl methyl sites for hydroxylation is 1. The molecule has 0 unspecified atom stereocenters. The number of rotatable bonds is 7. The number of fused-ring (bicyclic) bond motifs is 2. The number of anilines is 1. The van der Waals surface area contributed by atoms with Crippen molar-refractivity contribution in [2.75, 3.05) is 18.3 Å². The van der Waals surface area contributed by atoms with Gasteiger partial charge in [0.05, 0.1) is 16.7 Å². The third-order valence-electron chi connectivity index (χ3n) is 8.29. The summed E-state index contributed by atoms with van der Waals surface area (Å²) in [6.45, 7) is 12.3. The number of benzene rings is 1. The normalized spacial score (nSPS) is 28.5. The standard InChI is InChI=1S/C27H37N3O4S2/c1-7-14-30(6)25(32)17(3)20-12-13-27(5)15-21-23(18(4)22(27)24(20)31)28-26(35-21)29-36(33,34)19-10-8-16(2)9-11-19/h7-11,17-18,20,22,24,31H,1,12-15H2,2-6H3,(H,28,29)/t17-,18-,20+,22+,24-,27-/m0/s1. The first kappa shape index (κ1) is 26.8. The molecule has 0 radical (unpaired) electrons. The Labute approximate surface area is 218 Å². The van der Waals surface area contributed by atoms with Crippen molar-refractivity contribution in [3.05, 3.63) is 53.1 Å². The SMILES string of the molecule is C=CCN(C)C(=O)[C@@H](C)[C@H]1CC[C@@]2(C)Cc3sc(NS(=O)(=O)c4ccc(C)cc4)nc3[C@@H](C)[C@@H]2[C@H]1O. The number of hydrogen-bond donors (Lipinski definition) is 2. The average Bonchev–Trinajstić information content (AvgIpc) is 3.19. The van der Waals surface area contributed by atoms with Crippen molar-refractivity contribution in [2.45, 2.75) is 63.9 Å². The van der Waals surface area contributed by atoms with Gasteiger partial charge in [0.25, 0.3) is 10.0 Å². The van der Waals surface area contributed by atoms with Crippen molar-refractivity contribution in [1.29, 1.82) is 0 Å². The summed E-state index contributed by atoms with van der Waals surface area (Å²) in [7, 11) is -1.97. The van der Waals surface area contributed by atoms with Crippen LogP contribution in [0.15, 0.2) is 41.8 Å². The fraction of sp³-hybridized carbons (Fsp3) is 0.556. The number of hydrogen-bond acceptors (Lipinski definition) is 6. The maximum absolute atomic E-state index is 13.0. The van der Waals surface area contributed by atoms with Crippen LogP contribution < -0.4 is 4.72 Å². The summed E-state index contributed by atoms with van der Waals surface area (Å²) >= 11 is 1.39. The van der Waals surface area contributed by atoms with E-state index in [4.69, 9.17) is 4.98 Å². The number of likely N-dealkylation sites (N-methyl/N-ethyl adjacent to an activating group) is 1. The Morgan fingerprint density at radius 2 is 2.06 bits per heavy atom. The zero-order valence-corrected chi connectivity index (χ0v) is 23.3. The topological polar surface area (TPSA) is 99.6 Å². The van der Waals surface area contributed by atoms with E-state index in [0.717, 1.165) is 35.4 Å². The first-order chi connectivity index (χ1) is 16.9. The van der Waals surface area contributed by atoms with Crippen LogP contribution in [0.5, 0.6) is 0 Å². The molecule has 0 saturated heterocycles. The molecule has 1 amide bonds. The smallest absolute Gasteiger partial charge is 0.263 e. The van der Waals surface area contributed by atoms with Gasteiger partial charge in [0.2, 0.25) is 5.91 Å². The fourth-order valence-electron chi connectivity index (χ4n) is 6.30. The summed E-state index contributed by atoms with van der Waals surface area (Å²) in [6, 6.07) is 6.73. The number of aliphatic hydroxyl groups is 1. The van der Waals surface area contributed by atoms with Crippen LogP contribution >= 0.6 is 11.3 Å². The van der Waals surface area contributed by atoms with Gasteiger partial charge in [-0.15, -0.1) is 17.9 Å². The molecule has 4 rings (SSSR count). The molecule has 1 fully saturated rings. The van der Waals surface area contributed by atoms with E-state index in [1.54, 1.807) is 42.3 Å². The van der Waals surface area contributed by atoms with E-state index in [2.05, 4.69) is 25.1 Å². The van der Waals surface area contributed by atoms with Crippen LogP contribution in [-0.2, 0) is 21.2 Å². The first-order valence-electron chi connectivity index (χ1n) is 12.5. The number of carbonyl (C=O) groups is 1. The highest BCUT2D eigenvalue weighted by Crippen LogP contribution is 2.57. The highest BCUT2D eigenvalue weighted by Gasteiger charge is 2.54. The van der Waals surface area contributed by atoms with E-state index in [1.165, 1.54) is 11.3 Å². The second-order valence-corrected chi connectivity index (χ2v) is 13.6. The van der Waals surface area contributed by atoms with Crippen LogP contribution in [0, 0.1) is 30.1 Å². The number of aromatic nitrogens is 1. The lowest BCUT2D eigenvalue weighted by Crippen LogP contribution is -2.53. The van der Waals surface area contributed by atoms with Gasteiger partial charge in [0.1, 0.15) is 0 Å². The molecule has 2 aromatic rings. The summed E-state index contributed by atoms with van der Waals surface area (Å²) in [5.41, 5.74) is 1.70. The number of sulfonamides is 1. The molecule has 196 valence electrons. The van der Waals surface area contributed by atoms with Crippen molar-refractivity contribution in [3.63, 3.8) is 0 Å². The zero-order chi connectivity index (χ0) is 26.4. The summed E-state index contributed by atoms with van der Waals surface area (Å²) in [4.78, 5) is 20.6. The van der Waals surface area contributed by atoms with Crippen molar-refractivity contribution in [2.24, 2.45) is 23.2 Å². The Morgan fingerprint density at radius 1 is 1.39 bits per heavy atom. The van der Waals surface area contributed by atoms with Crippen molar-refractivity contribution in [3.8, 4) is 0 Å². The Kier molecular flexibility index (Phi) is 7.38. The molecule has 6 atom stereocenters. The molecule has 36 heavy (non-hydrogen) atoms. The van der Waals surface area contributed by atoms with Gasteiger partial charge in [0, 0.05) is 30.3 Å². The average molecular weight is 532 g/mol. The Bertz CT molecular complexity index is 1240. The number of amides is 1. The number of aliphatic hydroxyl groups excluding tert-OH is 1. The molecule has 2 aliphatic carbocycles. The van der Waals surface area contributed by atoms with E-state index >= 15 is 0 Å². The second kappa shape index (κ2) is 9.91. The third-order valence-corrected chi connectivity index (χ3v) is 10.8. The molecule has 1 saturated carbocycles. The lowest BCUT2D eigenvalue weighted by Gasteiger charge is -2.53. The highest BCUT2D eigenvalue weighted by molar-refractivity contribution is 7.93. The second-order valence-electron chi connectivity index (χ2n) is 10.9. The summed E-state index contributed by atoms with van der Waals surface area (Å²) in [5.74, 6) is -0.528. The summed E-state index contributed by atoms with van der Waals surface area (Å²) in [6.07, 6.45) is 3.48. The largest absolute Gasteiger partial charge is 0.392 e. The first-order valence-corrected chi connectivity index (χ1v) is 14.8. The van der Waals surface area contributed by atoms with Crippen molar-refractivity contribution >= 4 is 32.4 Å². The van der Waals surface area contributed by atoms with E-state index in [0.29, 0.717) is 11.7 Å². The van der Waals surface area contributed by atoms with Crippen LogP contribution in [0.3, 0.4) is 0 Å². The monoisotopic (exact) mass is 531 g/mol. The van der Waals surface area contributed by atoms with E-state index < -0.39 is 16.1 Å². The maximum atomic E-state index is 13.0. The minimum Gasteiger partial charge on any atom is -0.392 e. The van der Waals surface area contributed by atoms with Crippen molar-refractivity contribution < 1.29 is 18.3 Å². The van der Waals surface area contributed by atoms with Crippen LogP contribution in [0.4, 0.5) is 5.13 Å². The minimum atomic E-state index is -3.74. The molecule has 1 aromatic carbocycles. The maximum Gasteiger partial charge on any atom is 0.263 e. The Morgan fingerprint density at radius 3 is 2.69 bits per heavy atom. The van der Waals surface area contributed by atoms with Gasteiger partial charge in [-0.05, 0) is 55.6 Å². The van der Waals surface area contributed by atoms with Gasteiger partial charge in [-0.3, -0.25) is 9.52 Å². The van der Waals surface area contributed by atoms with Crippen LogP contribution in [0.25, 0.3) is 0 Å². The highest BCUT2D eigenvalue weighted by atomic mass is 32.2. The molecule has 7 nitrogen and oxygen atoms in total. The number of thiazole rings is 1. The molecule has 2 N–H and O–H groups in total. The van der Waals surface area contributed by atoms with Crippen LogP contribution in [0.1, 0.15) is 55.7 Å². The van der Waals surface area contributed by atoms with E-state index in [1.807, 2.05) is 13.8 Å². The predicted octanol–water partition coefficient (Wildman–Crippen LogP) is 4.59. The quantitative estimate of drug-likeness (QED) is 0.509. The number of nitrogens with zero attached hydrogens (tertiary/aromatic N) is 2. The molecule has 1 aromatic heterocycles. The molecule has 1 heterocycles. The molecule has 0 aliphatic heterocycles. The fourth-order valence-corrected chi connectivity index (χ4v) is 8.79. The van der Waals surface area contributed by atoms with E-state index in [9.17, 15) is 18.3 Å². The Balaban J connectivity index is 1.57. The van der Waals surface area contributed by atoms with Gasteiger partial charge in [-0.1, -0.05) is 44.5 Å². The molecular formula is C27H37N3O4S2. The third kappa shape index (κ3) is 4.85. The van der Waals surface area contributed by atoms with Gasteiger partial charge in [-0.2, -0.15) is 0 Å². The Hall–Kier alpha value is -2.23. The molecule has 0 bridgehead atoms. The van der Waals surface area contributed by atoms with Crippen molar-refractivity contribution in [1.82, 2.24) is 9.88 Å². The summed E-state index contributed by atoms with van der Waals surface area (Å²) in [5, 5.41) is 12.0. The van der Waals surface area contributed by atoms with Gasteiger partial charge >= 0.3 is 0 Å². The van der Waals surface area contributed by atoms with Crippen LogP contribution in [0.2, 0.25) is 0 Å². The minimum absolute atomic E-state index is 0.0214. The van der Waals surface area contributed by atoms with E-state index in [-0.39, 0.29) is 39.9 Å². The molecule has 2 aliphatic rings. The molecular weight excluding hydrogens is 494 g/mol. The predicted molar refractivity (Wildman–Crippen MR) is 144 cm³/mol. The van der Waals surface area contributed by atoms with Gasteiger partial charge < -0.3 is 10.0 Å². The molecule has 0 spiro atoms.